The molecule has 7 aromatic rings. The summed E-state index contributed by atoms with van der Waals surface area (Å²) in [5, 5.41) is 6.55. The van der Waals surface area contributed by atoms with Gasteiger partial charge in [-0.2, -0.15) is 0 Å². The number of hydrogen-bond acceptors (Lipinski definition) is 3. The number of rotatable bonds is 6. The van der Waals surface area contributed by atoms with Crippen LogP contribution < -0.4 is 0 Å². The second-order valence-corrected chi connectivity index (χ2v) is 11.2. The van der Waals surface area contributed by atoms with E-state index in [0.717, 1.165) is 0 Å². The SMILES string of the molecule is c1ccn(-c2ccsc2-c2cc(-c3sccc3-n3cccc3)cc(-c3sccc3-n3cccc3)c2)c1. The minimum Gasteiger partial charge on any atom is -0.322 e. The van der Waals surface area contributed by atoms with Gasteiger partial charge in [-0.3, -0.25) is 0 Å². The van der Waals surface area contributed by atoms with E-state index < -0.39 is 0 Å². The summed E-state index contributed by atoms with van der Waals surface area (Å²) in [6.45, 7) is 0. The van der Waals surface area contributed by atoms with E-state index in [-0.39, 0.29) is 0 Å². The first kappa shape index (κ1) is 21.4. The van der Waals surface area contributed by atoms with Gasteiger partial charge in [0.25, 0.3) is 0 Å². The Labute approximate surface area is 221 Å². The van der Waals surface area contributed by atoms with Gasteiger partial charge >= 0.3 is 0 Å². The van der Waals surface area contributed by atoms with Crippen LogP contribution in [0.3, 0.4) is 0 Å². The van der Waals surface area contributed by atoms with Crippen LogP contribution in [0.5, 0.6) is 0 Å². The van der Waals surface area contributed by atoms with Crippen molar-refractivity contribution in [1.29, 1.82) is 0 Å². The Bertz CT molecular complexity index is 1510. The Hall–Kier alpha value is -3.84. The fraction of sp³-hybridized carbons (Fsp3) is 0. The fourth-order valence-corrected chi connectivity index (χ4v) is 7.32. The second kappa shape index (κ2) is 8.99. The first-order chi connectivity index (χ1) is 17.8. The minimum absolute atomic E-state index is 1.21. The average molecular weight is 520 g/mol. The topological polar surface area (TPSA) is 14.8 Å². The molecule has 0 radical (unpaired) electrons. The van der Waals surface area contributed by atoms with Crippen molar-refractivity contribution < 1.29 is 0 Å². The van der Waals surface area contributed by atoms with Crippen molar-refractivity contribution in [1.82, 2.24) is 13.7 Å². The van der Waals surface area contributed by atoms with Crippen LogP contribution in [-0.2, 0) is 0 Å². The van der Waals surface area contributed by atoms with E-state index in [9.17, 15) is 0 Å². The molecule has 0 atom stereocenters. The van der Waals surface area contributed by atoms with Crippen LogP contribution in [0.25, 0.3) is 48.4 Å². The van der Waals surface area contributed by atoms with Gasteiger partial charge in [0, 0.05) is 37.2 Å². The molecule has 0 N–H and O–H groups in total. The van der Waals surface area contributed by atoms with Gasteiger partial charge in [-0.1, -0.05) is 0 Å². The predicted molar refractivity (Wildman–Crippen MR) is 154 cm³/mol. The van der Waals surface area contributed by atoms with Gasteiger partial charge in [-0.15, -0.1) is 34.0 Å². The van der Waals surface area contributed by atoms with E-state index >= 15 is 0 Å². The van der Waals surface area contributed by atoms with Crippen LogP contribution in [0.4, 0.5) is 0 Å². The Morgan fingerprint density at radius 1 is 0.389 bits per heavy atom. The zero-order chi connectivity index (χ0) is 23.9. The van der Waals surface area contributed by atoms with Crippen LogP contribution in [0.1, 0.15) is 0 Å². The maximum atomic E-state index is 2.35. The zero-order valence-corrected chi connectivity index (χ0v) is 21.6. The van der Waals surface area contributed by atoms with E-state index in [1.807, 2.05) is 0 Å². The smallest absolute Gasteiger partial charge is 0.0636 e. The highest BCUT2D eigenvalue weighted by atomic mass is 32.1. The van der Waals surface area contributed by atoms with Crippen molar-refractivity contribution in [3.05, 3.63) is 126 Å². The summed E-state index contributed by atoms with van der Waals surface area (Å²) in [4.78, 5) is 3.81. The minimum atomic E-state index is 1.21. The highest BCUT2D eigenvalue weighted by Crippen LogP contribution is 2.43. The normalized spacial score (nSPS) is 11.3. The van der Waals surface area contributed by atoms with Gasteiger partial charge in [0.1, 0.15) is 0 Å². The molecule has 0 saturated heterocycles. The monoisotopic (exact) mass is 519 g/mol. The maximum absolute atomic E-state index is 2.35. The highest BCUT2D eigenvalue weighted by molar-refractivity contribution is 7.15. The first-order valence-electron chi connectivity index (χ1n) is 11.6. The lowest BCUT2D eigenvalue weighted by atomic mass is 10.0. The van der Waals surface area contributed by atoms with E-state index in [4.69, 9.17) is 0 Å². The van der Waals surface area contributed by atoms with Gasteiger partial charge < -0.3 is 13.7 Å². The summed E-state index contributed by atoms with van der Waals surface area (Å²) < 4.78 is 6.60. The lowest BCUT2D eigenvalue weighted by Crippen LogP contribution is -1.93. The van der Waals surface area contributed by atoms with Crippen LogP contribution in [-0.4, -0.2) is 13.7 Å². The molecule has 0 saturated carbocycles. The number of aromatic nitrogens is 3. The average Bonchev–Trinajstić information content (AvgIpc) is 3.76. The largest absolute Gasteiger partial charge is 0.322 e. The molecule has 6 heterocycles. The van der Waals surface area contributed by atoms with Crippen molar-refractivity contribution in [2.24, 2.45) is 0 Å². The summed E-state index contributed by atoms with van der Waals surface area (Å²) in [5.74, 6) is 0. The van der Waals surface area contributed by atoms with E-state index in [1.54, 1.807) is 34.0 Å². The molecule has 1 aromatic carbocycles. The summed E-state index contributed by atoms with van der Waals surface area (Å²) in [6, 6.07) is 26.1. The first-order valence-corrected chi connectivity index (χ1v) is 14.3. The lowest BCUT2D eigenvalue weighted by Gasteiger charge is -2.13. The summed E-state index contributed by atoms with van der Waals surface area (Å²) in [6.07, 6.45) is 12.7. The van der Waals surface area contributed by atoms with Crippen LogP contribution in [0.15, 0.2) is 126 Å². The molecule has 3 nitrogen and oxygen atoms in total. The van der Waals surface area contributed by atoms with E-state index in [2.05, 4.69) is 140 Å². The molecule has 0 aliphatic heterocycles. The Morgan fingerprint density at radius 2 is 0.667 bits per heavy atom. The third-order valence-corrected chi connectivity index (χ3v) is 9.16. The molecule has 6 heteroatoms. The van der Waals surface area contributed by atoms with Gasteiger partial charge in [-0.25, -0.2) is 0 Å². The molecule has 0 amide bonds. The molecule has 0 fully saturated rings. The molecule has 7 rings (SSSR count). The van der Waals surface area contributed by atoms with Crippen molar-refractivity contribution in [3.63, 3.8) is 0 Å². The van der Waals surface area contributed by atoms with E-state index in [1.165, 1.54) is 48.4 Å². The Balaban J connectivity index is 1.45. The van der Waals surface area contributed by atoms with Gasteiger partial charge in [0.2, 0.25) is 0 Å². The van der Waals surface area contributed by atoms with Gasteiger partial charge in [0.05, 0.1) is 31.7 Å². The molecule has 0 aliphatic carbocycles. The molecule has 6 aromatic heterocycles. The number of nitrogens with zero attached hydrogens (tertiary/aromatic N) is 3. The summed E-state index contributed by atoms with van der Waals surface area (Å²) >= 11 is 5.38. The predicted octanol–water partition coefficient (Wildman–Crippen LogP) is 9.24. The lowest BCUT2D eigenvalue weighted by molar-refractivity contribution is 1.09. The number of benzene rings is 1. The standard InChI is InChI=1S/C30H21N3S3/c1-2-11-31(10-1)25-7-16-34-28(25)22-19-23(29-26(8-17-35-29)32-12-3-4-13-32)21-24(20-22)30-27(9-18-36-30)33-14-5-6-15-33/h1-21H. The molecule has 0 bridgehead atoms. The van der Waals surface area contributed by atoms with Crippen molar-refractivity contribution in [3.8, 4) is 48.4 Å². The Morgan fingerprint density at radius 3 is 0.944 bits per heavy atom. The third-order valence-electron chi connectivity index (χ3n) is 6.30. The quantitative estimate of drug-likeness (QED) is 0.208. The summed E-state index contributed by atoms with van der Waals surface area (Å²) in [7, 11) is 0. The molecular formula is C30H21N3S3. The molecule has 0 aliphatic rings. The van der Waals surface area contributed by atoms with Crippen LogP contribution in [0, 0.1) is 0 Å². The van der Waals surface area contributed by atoms with Gasteiger partial charge in [0.15, 0.2) is 0 Å². The molecule has 174 valence electrons. The van der Waals surface area contributed by atoms with Gasteiger partial charge in [-0.05, 0) is 106 Å². The highest BCUT2D eigenvalue weighted by Gasteiger charge is 2.17. The molecule has 0 unspecified atom stereocenters. The van der Waals surface area contributed by atoms with Crippen molar-refractivity contribution >= 4 is 34.0 Å². The van der Waals surface area contributed by atoms with E-state index in [0.29, 0.717) is 0 Å². The molecular weight excluding hydrogens is 499 g/mol. The zero-order valence-electron chi connectivity index (χ0n) is 19.2. The van der Waals surface area contributed by atoms with Crippen LogP contribution in [0.2, 0.25) is 0 Å². The van der Waals surface area contributed by atoms with Crippen LogP contribution >= 0.6 is 34.0 Å². The maximum Gasteiger partial charge on any atom is 0.0636 e. The molecule has 0 spiro atoms. The number of hydrogen-bond donors (Lipinski definition) is 0. The van der Waals surface area contributed by atoms with Crippen molar-refractivity contribution in [2.75, 3.05) is 0 Å². The third kappa shape index (κ3) is 3.71. The summed E-state index contributed by atoms with van der Waals surface area (Å²) in [5.41, 5.74) is 7.34. The fourth-order valence-electron chi connectivity index (χ4n) is 4.67. The van der Waals surface area contributed by atoms with Crippen molar-refractivity contribution in [2.45, 2.75) is 0 Å². The number of thiophene rings is 3. The second-order valence-electron chi connectivity index (χ2n) is 8.47. The molecule has 36 heavy (non-hydrogen) atoms. The Kier molecular flexibility index (Phi) is 5.35.